The van der Waals surface area contributed by atoms with Crippen LogP contribution in [0.5, 0.6) is 23.0 Å². The lowest BCUT2D eigenvalue weighted by molar-refractivity contribution is -0.138. The molecule has 7 rings (SSSR count). The molecule has 1 aliphatic rings. The monoisotopic (exact) mass is 898 g/mol. The number of carbonyl (C=O) groups excluding carboxylic acids is 4. The fraction of sp³-hybridized carbons (Fsp3) is 0.228. The Morgan fingerprint density at radius 1 is 0.403 bits per heavy atom. The highest BCUT2D eigenvalue weighted by molar-refractivity contribution is 5.92. The smallest absolute Gasteiger partial charge is 0.343 e. The number of rotatable bonds is 24. The van der Waals surface area contributed by atoms with Crippen molar-refractivity contribution in [1.29, 1.82) is 0 Å². The average Bonchev–Trinajstić information content (AvgIpc) is 3.67. The molecule has 0 aliphatic heterocycles. The van der Waals surface area contributed by atoms with Crippen LogP contribution in [0.2, 0.25) is 0 Å². The first kappa shape index (κ1) is 47.2. The molecular weight excluding hydrogens is 845 g/mol. The van der Waals surface area contributed by atoms with Crippen LogP contribution >= 0.6 is 0 Å². The molecule has 0 unspecified atom stereocenters. The van der Waals surface area contributed by atoms with Crippen molar-refractivity contribution in [2.24, 2.45) is 0 Å². The zero-order valence-electron chi connectivity index (χ0n) is 37.5. The highest BCUT2D eigenvalue weighted by Crippen LogP contribution is 2.56. The second-order valence-electron chi connectivity index (χ2n) is 16.0. The molecular formula is C57H54O10. The molecule has 10 nitrogen and oxygen atoms in total. The lowest BCUT2D eigenvalue weighted by Crippen LogP contribution is -2.28. The van der Waals surface area contributed by atoms with Gasteiger partial charge in [-0.2, -0.15) is 0 Å². The maximum Gasteiger partial charge on any atom is 0.343 e. The van der Waals surface area contributed by atoms with E-state index in [1.807, 2.05) is 72.8 Å². The Morgan fingerprint density at radius 2 is 0.746 bits per heavy atom. The largest absolute Gasteiger partial charge is 0.494 e. The number of hydrogen-bond acceptors (Lipinski definition) is 10. The van der Waals surface area contributed by atoms with Gasteiger partial charge in [-0.25, -0.2) is 19.2 Å². The molecule has 0 N–H and O–H groups in total. The quantitative estimate of drug-likeness (QED) is 0.0251. The fourth-order valence-corrected chi connectivity index (χ4v) is 8.23. The molecule has 0 spiro atoms. The van der Waals surface area contributed by atoms with E-state index < -0.39 is 29.3 Å². The van der Waals surface area contributed by atoms with E-state index in [4.69, 9.17) is 28.4 Å². The highest BCUT2D eigenvalue weighted by atomic mass is 16.5. The number of hydrogen-bond donors (Lipinski definition) is 0. The molecule has 0 bridgehead atoms. The Balaban J connectivity index is 0.980. The molecule has 342 valence electrons. The predicted molar refractivity (Wildman–Crippen MR) is 257 cm³/mol. The molecule has 0 amide bonds. The predicted octanol–water partition coefficient (Wildman–Crippen LogP) is 11.8. The van der Waals surface area contributed by atoms with Crippen molar-refractivity contribution in [3.8, 4) is 34.1 Å². The van der Waals surface area contributed by atoms with Gasteiger partial charge in [-0.15, -0.1) is 0 Å². The van der Waals surface area contributed by atoms with E-state index in [0.717, 1.165) is 96.9 Å². The van der Waals surface area contributed by atoms with Crippen LogP contribution in [0.25, 0.3) is 11.1 Å². The van der Waals surface area contributed by atoms with Gasteiger partial charge in [-0.1, -0.05) is 86.0 Å². The van der Waals surface area contributed by atoms with Gasteiger partial charge in [0.25, 0.3) is 0 Å². The third-order valence-corrected chi connectivity index (χ3v) is 11.6. The molecule has 0 heterocycles. The first-order valence-electron chi connectivity index (χ1n) is 22.7. The van der Waals surface area contributed by atoms with Gasteiger partial charge in [0, 0.05) is 12.2 Å². The molecule has 10 heteroatoms. The van der Waals surface area contributed by atoms with E-state index in [1.54, 1.807) is 48.5 Å². The summed E-state index contributed by atoms with van der Waals surface area (Å²) in [7, 11) is 0. The van der Waals surface area contributed by atoms with E-state index >= 15 is 0 Å². The summed E-state index contributed by atoms with van der Waals surface area (Å²) in [6, 6.07) is 45.8. The van der Waals surface area contributed by atoms with Crippen molar-refractivity contribution in [2.45, 2.75) is 56.8 Å². The molecule has 0 atom stereocenters. The van der Waals surface area contributed by atoms with Crippen LogP contribution in [0.4, 0.5) is 0 Å². The number of ether oxygens (including phenoxy) is 6. The van der Waals surface area contributed by atoms with Crippen LogP contribution in [0.1, 0.15) is 94.3 Å². The standard InChI is InChI=1S/C57H54O10/c1-3-53(58)64-39-15-7-5-13-37-62-45-29-21-41(22-30-45)55(60)66-47-33-25-43(26-34-47)57(51-19-11-9-17-49(51)50-18-10-12-20-52(50)57)44-27-35-48(36-28-44)67-56(61)42-23-31-46(32-24-42)63-38-14-6-8-16-40-65-54(59)4-2/h3-4,9-12,17-36H,1-2,5-8,13-16,37-40H2. The molecule has 0 saturated heterocycles. The number of unbranched alkanes of at least 4 members (excludes halogenated alkanes) is 6. The van der Waals surface area contributed by atoms with Gasteiger partial charge in [0.1, 0.15) is 23.0 Å². The zero-order valence-corrected chi connectivity index (χ0v) is 37.5. The van der Waals surface area contributed by atoms with Crippen LogP contribution in [-0.4, -0.2) is 50.3 Å². The van der Waals surface area contributed by atoms with Crippen molar-refractivity contribution in [1.82, 2.24) is 0 Å². The van der Waals surface area contributed by atoms with Gasteiger partial charge in [-0.05, 0) is 158 Å². The molecule has 0 saturated carbocycles. The summed E-state index contributed by atoms with van der Waals surface area (Å²) in [6.07, 6.45) is 9.34. The van der Waals surface area contributed by atoms with Gasteiger partial charge in [0.05, 0.1) is 43.0 Å². The Hall–Kier alpha value is -7.72. The van der Waals surface area contributed by atoms with Gasteiger partial charge in [-0.3, -0.25) is 0 Å². The Kier molecular flexibility index (Phi) is 16.5. The van der Waals surface area contributed by atoms with E-state index in [1.165, 1.54) is 0 Å². The Labute approximate surface area is 391 Å². The van der Waals surface area contributed by atoms with Crippen LogP contribution in [-0.2, 0) is 24.5 Å². The van der Waals surface area contributed by atoms with Gasteiger partial charge >= 0.3 is 23.9 Å². The summed E-state index contributed by atoms with van der Waals surface area (Å²) in [5, 5.41) is 0. The third kappa shape index (κ3) is 12.0. The van der Waals surface area contributed by atoms with Gasteiger partial charge < -0.3 is 28.4 Å². The molecule has 0 aromatic heterocycles. The van der Waals surface area contributed by atoms with Crippen molar-refractivity contribution in [3.63, 3.8) is 0 Å². The van der Waals surface area contributed by atoms with Gasteiger partial charge in [0.15, 0.2) is 0 Å². The summed E-state index contributed by atoms with van der Waals surface area (Å²) < 4.78 is 33.5. The minimum absolute atomic E-state index is 0.383. The molecule has 1 aliphatic carbocycles. The Morgan fingerprint density at radius 3 is 1.12 bits per heavy atom. The summed E-state index contributed by atoms with van der Waals surface area (Å²) in [6.45, 7) is 8.62. The molecule has 0 radical (unpaired) electrons. The first-order chi connectivity index (χ1) is 32.8. The molecule has 0 fully saturated rings. The maximum absolute atomic E-state index is 13.3. The summed E-state index contributed by atoms with van der Waals surface area (Å²) in [5.41, 5.74) is 6.46. The minimum Gasteiger partial charge on any atom is -0.494 e. The van der Waals surface area contributed by atoms with Crippen LogP contribution in [0, 0.1) is 0 Å². The summed E-state index contributed by atoms with van der Waals surface area (Å²) >= 11 is 0. The lowest BCUT2D eigenvalue weighted by Gasteiger charge is -2.34. The molecule has 67 heavy (non-hydrogen) atoms. The average molecular weight is 899 g/mol. The lowest BCUT2D eigenvalue weighted by atomic mass is 9.68. The SMILES string of the molecule is C=CC(=O)OCCCCCCOc1ccc(C(=O)Oc2ccc(C3(c4ccc(OC(=O)c5ccc(OCCCCCCOC(=O)C=C)cc5)cc4)c4ccccc4-c4ccccc43)cc2)cc1. The van der Waals surface area contributed by atoms with E-state index in [2.05, 4.69) is 37.4 Å². The zero-order chi connectivity index (χ0) is 46.9. The second kappa shape index (κ2) is 23.5. The van der Waals surface area contributed by atoms with E-state index in [-0.39, 0.29) is 0 Å². The van der Waals surface area contributed by atoms with E-state index in [9.17, 15) is 19.2 Å². The third-order valence-electron chi connectivity index (χ3n) is 11.6. The van der Waals surface area contributed by atoms with Crippen molar-refractivity contribution < 1.29 is 47.6 Å². The number of fused-ring (bicyclic) bond motifs is 3. The minimum atomic E-state index is -0.732. The fourth-order valence-electron chi connectivity index (χ4n) is 8.23. The highest BCUT2D eigenvalue weighted by Gasteiger charge is 2.46. The second-order valence-corrected chi connectivity index (χ2v) is 16.0. The number of carbonyl (C=O) groups is 4. The van der Waals surface area contributed by atoms with E-state index in [0.29, 0.717) is 60.6 Å². The molecule has 6 aromatic carbocycles. The van der Waals surface area contributed by atoms with Crippen molar-refractivity contribution in [2.75, 3.05) is 26.4 Å². The summed E-state index contributed by atoms with van der Waals surface area (Å²) in [4.78, 5) is 48.9. The van der Waals surface area contributed by atoms with Gasteiger partial charge in [0.2, 0.25) is 0 Å². The van der Waals surface area contributed by atoms with Crippen LogP contribution < -0.4 is 18.9 Å². The number of benzene rings is 6. The summed E-state index contributed by atoms with van der Waals surface area (Å²) in [5.74, 6) is 0.355. The van der Waals surface area contributed by atoms with Crippen molar-refractivity contribution >= 4 is 23.9 Å². The Bertz CT molecular complexity index is 2450. The normalized spacial score (nSPS) is 11.9. The van der Waals surface area contributed by atoms with Crippen molar-refractivity contribution in [3.05, 3.63) is 204 Å². The van der Waals surface area contributed by atoms with Crippen LogP contribution in [0.15, 0.2) is 171 Å². The topological polar surface area (TPSA) is 124 Å². The number of esters is 4. The maximum atomic E-state index is 13.3. The first-order valence-corrected chi connectivity index (χ1v) is 22.7. The molecule has 6 aromatic rings. The van der Waals surface area contributed by atoms with Crippen LogP contribution in [0.3, 0.4) is 0 Å².